The first-order chi connectivity index (χ1) is 15.8. The molecule has 0 N–H and O–H groups in total. The Labute approximate surface area is 190 Å². The van der Waals surface area contributed by atoms with Gasteiger partial charge in [-0.2, -0.15) is 0 Å². The summed E-state index contributed by atoms with van der Waals surface area (Å²) in [6.07, 6.45) is 0. The van der Waals surface area contributed by atoms with Crippen LogP contribution in [0.5, 0.6) is 23.0 Å². The van der Waals surface area contributed by atoms with Crippen molar-refractivity contribution in [2.24, 2.45) is 0 Å². The monoisotopic (exact) mass is 458 g/mol. The zero-order chi connectivity index (χ0) is 21.5. The van der Waals surface area contributed by atoms with Crippen molar-refractivity contribution in [3.05, 3.63) is 84.9 Å². The average molecular weight is 458 g/mol. The smallest absolute Gasteiger partial charge is 0.231 e. The van der Waals surface area contributed by atoms with Crippen molar-refractivity contribution < 1.29 is 18.9 Å². The van der Waals surface area contributed by atoms with Gasteiger partial charge in [0.05, 0.1) is 0 Å². The quantitative estimate of drug-likeness (QED) is 0.432. The van der Waals surface area contributed by atoms with Crippen LogP contribution in [-0.4, -0.2) is 13.6 Å². The fraction of sp³-hybridized carbons (Fsp3) is 0.0769. The third-order valence-electron chi connectivity index (χ3n) is 5.61. The van der Waals surface area contributed by atoms with E-state index in [-0.39, 0.29) is 13.6 Å². The van der Waals surface area contributed by atoms with Crippen molar-refractivity contribution in [2.75, 3.05) is 13.6 Å². The number of fused-ring (bicyclic) bond motifs is 2. The fourth-order valence-corrected chi connectivity index (χ4v) is 7.04. The molecule has 1 unspecified atom stereocenters. The molecule has 0 fully saturated rings. The molecule has 2 aliphatic heterocycles. The zero-order valence-corrected chi connectivity index (χ0v) is 19.2. The van der Waals surface area contributed by atoms with E-state index in [1.807, 2.05) is 18.2 Å². The fourth-order valence-electron chi connectivity index (χ4n) is 4.22. The molecule has 0 radical (unpaired) electrons. The minimum atomic E-state index is -0.857. The minimum absolute atomic E-state index is 0.207. The lowest BCUT2D eigenvalue weighted by atomic mass is 10.0. The van der Waals surface area contributed by atoms with Crippen LogP contribution in [-0.2, 0) is 0 Å². The Balaban J connectivity index is 1.67. The van der Waals surface area contributed by atoms with Crippen LogP contribution in [0.1, 0.15) is 0 Å². The Kier molecular flexibility index (Phi) is 4.98. The molecule has 4 nitrogen and oxygen atoms in total. The SMILES string of the molecule is Pc1ccc2c(c1-c1c(P(c3ccccc3)c3ccccc3)ccc3c1OCO3)OCO2. The van der Waals surface area contributed by atoms with E-state index in [4.69, 9.17) is 18.9 Å². The highest BCUT2D eigenvalue weighted by Crippen LogP contribution is 2.50. The molecule has 32 heavy (non-hydrogen) atoms. The Morgan fingerprint density at radius 2 is 1.09 bits per heavy atom. The van der Waals surface area contributed by atoms with Crippen LogP contribution in [0.4, 0.5) is 0 Å². The van der Waals surface area contributed by atoms with Crippen LogP contribution in [0.25, 0.3) is 11.1 Å². The van der Waals surface area contributed by atoms with Gasteiger partial charge in [-0.1, -0.05) is 66.7 Å². The standard InChI is InChI=1S/C26H20O4P2/c31-21-13-11-19-25(29-15-27-19)23(21)24-22(14-12-20-26(24)30-16-28-20)32(17-7-3-1-4-8-17)18-9-5-2-6-10-18/h1-14H,15-16,31H2. The lowest BCUT2D eigenvalue weighted by Crippen LogP contribution is -2.23. The van der Waals surface area contributed by atoms with Crippen LogP contribution in [0, 0.1) is 0 Å². The predicted molar refractivity (Wildman–Crippen MR) is 132 cm³/mol. The summed E-state index contributed by atoms with van der Waals surface area (Å²) in [6, 6.07) is 29.5. The third kappa shape index (κ3) is 3.23. The summed E-state index contributed by atoms with van der Waals surface area (Å²) >= 11 is 0. The van der Waals surface area contributed by atoms with Gasteiger partial charge in [0.1, 0.15) is 0 Å². The highest BCUT2D eigenvalue weighted by Gasteiger charge is 2.32. The zero-order valence-electron chi connectivity index (χ0n) is 17.2. The number of hydrogen-bond acceptors (Lipinski definition) is 4. The molecule has 0 aromatic heterocycles. The first kappa shape index (κ1) is 19.6. The maximum atomic E-state index is 6.04. The maximum Gasteiger partial charge on any atom is 0.231 e. The van der Waals surface area contributed by atoms with E-state index < -0.39 is 7.92 Å². The summed E-state index contributed by atoms with van der Waals surface area (Å²) in [5.41, 5.74) is 1.98. The van der Waals surface area contributed by atoms with E-state index in [9.17, 15) is 0 Å². The number of rotatable bonds is 4. The molecule has 6 rings (SSSR count). The highest BCUT2D eigenvalue weighted by molar-refractivity contribution is 7.80. The van der Waals surface area contributed by atoms with Crippen molar-refractivity contribution in [1.29, 1.82) is 0 Å². The molecule has 1 atom stereocenters. The molecule has 4 aromatic carbocycles. The molecule has 2 aliphatic rings. The number of ether oxygens (including phenoxy) is 4. The van der Waals surface area contributed by atoms with Crippen molar-refractivity contribution >= 4 is 38.4 Å². The van der Waals surface area contributed by atoms with Gasteiger partial charge < -0.3 is 18.9 Å². The van der Waals surface area contributed by atoms with E-state index in [0.29, 0.717) is 0 Å². The van der Waals surface area contributed by atoms with Gasteiger partial charge in [-0.15, -0.1) is 9.24 Å². The van der Waals surface area contributed by atoms with Crippen molar-refractivity contribution in [3.63, 3.8) is 0 Å². The van der Waals surface area contributed by atoms with E-state index in [1.165, 1.54) is 15.9 Å². The summed E-state index contributed by atoms with van der Waals surface area (Å²) in [5, 5.41) is 4.75. The Bertz CT molecular complexity index is 1250. The first-order valence-corrected chi connectivity index (χ1v) is 12.2. The van der Waals surface area contributed by atoms with E-state index in [1.54, 1.807) is 0 Å². The van der Waals surface area contributed by atoms with Crippen LogP contribution in [0.15, 0.2) is 84.9 Å². The molecule has 158 valence electrons. The van der Waals surface area contributed by atoms with Crippen LogP contribution in [0.2, 0.25) is 0 Å². The van der Waals surface area contributed by atoms with Gasteiger partial charge in [0, 0.05) is 11.1 Å². The van der Waals surface area contributed by atoms with Gasteiger partial charge in [0.2, 0.25) is 13.6 Å². The summed E-state index contributed by atoms with van der Waals surface area (Å²) < 4.78 is 23.5. The molecule has 6 heteroatoms. The number of hydrogen-bond donors (Lipinski definition) is 0. The number of benzene rings is 4. The molecule has 0 aliphatic carbocycles. The van der Waals surface area contributed by atoms with E-state index >= 15 is 0 Å². The average Bonchev–Trinajstić information content (AvgIpc) is 3.51. The summed E-state index contributed by atoms with van der Waals surface area (Å²) in [6.45, 7) is 0.420. The molecule has 0 amide bonds. The predicted octanol–water partition coefficient (Wildman–Crippen LogP) is 4.07. The van der Waals surface area contributed by atoms with Crippen LogP contribution < -0.4 is 40.2 Å². The third-order valence-corrected chi connectivity index (χ3v) is 8.57. The van der Waals surface area contributed by atoms with Gasteiger partial charge >= 0.3 is 0 Å². The molecular formula is C26H20O4P2. The largest absolute Gasteiger partial charge is 0.454 e. The van der Waals surface area contributed by atoms with Crippen LogP contribution in [0.3, 0.4) is 0 Å². The molecular weight excluding hydrogens is 438 g/mol. The lowest BCUT2D eigenvalue weighted by Gasteiger charge is -2.24. The summed E-state index contributed by atoms with van der Waals surface area (Å²) in [5.74, 6) is 3.01. The van der Waals surface area contributed by atoms with Crippen molar-refractivity contribution in [1.82, 2.24) is 0 Å². The summed E-state index contributed by atoms with van der Waals surface area (Å²) in [7, 11) is 1.98. The first-order valence-electron chi connectivity index (χ1n) is 10.3. The Hall–Kier alpha value is -3.06. The minimum Gasteiger partial charge on any atom is -0.454 e. The normalized spacial score (nSPS) is 13.6. The molecule has 0 saturated carbocycles. The lowest BCUT2D eigenvalue weighted by molar-refractivity contribution is 0.173. The molecule has 2 heterocycles. The van der Waals surface area contributed by atoms with Gasteiger partial charge in [0.15, 0.2) is 23.0 Å². The summed E-state index contributed by atoms with van der Waals surface area (Å²) in [4.78, 5) is 0. The molecule has 0 bridgehead atoms. The Morgan fingerprint density at radius 1 is 0.562 bits per heavy atom. The second-order valence-corrected chi connectivity index (χ2v) is 10.3. The second-order valence-electron chi connectivity index (χ2n) is 7.46. The Morgan fingerprint density at radius 3 is 1.69 bits per heavy atom. The second kappa shape index (κ2) is 8.13. The molecule has 0 spiro atoms. The molecule has 4 aromatic rings. The van der Waals surface area contributed by atoms with Gasteiger partial charge in [0.25, 0.3) is 0 Å². The van der Waals surface area contributed by atoms with Crippen molar-refractivity contribution in [3.8, 4) is 34.1 Å². The van der Waals surface area contributed by atoms with Crippen molar-refractivity contribution in [2.45, 2.75) is 0 Å². The molecule has 0 saturated heterocycles. The van der Waals surface area contributed by atoms with E-state index in [0.717, 1.165) is 39.4 Å². The van der Waals surface area contributed by atoms with E-state index in [2.05, 4.69) is 76.0 Å². The highest BCUT2D eigenvalue weighted by atomic mass is 31.1. The maximum absolute atomic E-state index is 6.04. The topological polar surface area (TPSA) is 36.9 Å². The van der Waals surface area contributed by atoms with Crippen LogP contribution >= 0.6 is 17.2 Å². The van der Waals surface area contributed by atoms with Gasteiger partial charge in [-0.25, -0.2) is 0 Å². The van der Waals surface area contributed by atoms with Gasteiger partial charge in [-0.05, 0) is 47.3 Å². The van der Waals surface area contributed by atoms with Gasteiger partial charge in [-0.3, -0.25) is 0 Å².